The Bertz CT molecular complexity index is 425. The topological polar surface area (TPSA) is 78.4 Å². The summed E-state index contributed by atoms with van der Waals surface area (Å²) in [5.74, 6) is -0.550. The summed E-state index contributed by atoms with van der Waals surface area (Å²) < 4.78 is 0.234. The molecule has 6 heteroatoms. The number of nitrogens with one attached hydrogen (secondary N) is 2. The van der Waals surface area contributed by atoms with E-state index in [2.05, 4.69) is 16.9 Å². The van der Waals surface area contributed by atoms with Crippen LogP contribution in [0.5, 0.6) is 0 Å². The van der Waals surface area contributed by atoms with Crippen molar-refractivity contribution in [3.05, 3.63) is 0 Å². The quantitative estimate of drug-likeness (QED) is 0.721. The fourth-order valence-electron chi connectivity index (χ4n) is 3.89. The molecule has 0 saturated heterocycles. The molecule has 3 fully saturated rings. The van der Waals surface area contributed by atoms with E-state index >= 15 is 0 Å². The molecule has 0 aromatic heterocycles. The van der Waals surface area contributed by atoms with Crippen LogP contribution >= 0.6 is 11.8 Å². The normalized spacial score (nSPS) is 36.6. The summed E-state index contributed by atoms with van der Waals surface area (Å²) in [5.41, 5.74) is 0. The molecule has 0 aliphatic heterocycles. The van der Waals surface area contributed by atoms with E-state index in [1.165, 1.54) is 0 Å². The Morgan fingerprint density at radius 3 is 2.60 bits per heavy atom. The molecule has 0 spiro atoms. The Morgan fingerprint density at radius 1 is 1.30 bits per heavy atom. The first-order valence-corrected chi connectivity index (χ1v) is 8.59. The zero-order chi connectivity index (χ0) is 14.3. The lowest BCUT2D eigenvalue weighted by Gasteiger charge is -2.29. The number of hydrogen-bond acceptors (Lipinski definition) is 3. The van der Waals surface area contributed by atoms with E-state index in [9.17, 15) is 14.7 Å². The number of aliphatic carboxylic acids is 1. The second kappa shape index (κ2) is 5.13. The highest BCUT2D eigenvalue weighted by Crippen LogP contribution is 2.49. The molecule has 2 amide bonds. The largest absolute Gasteiger partial charge is 0.481 e. The maximum Gasteiger partial charge on any atom is 0.315 e. The third-order valence-electron chi connectivity index (χ3n) is 5.31. The lowest BCUT2D eigenvalue weighted by atomic mass is 9.84. The molecule has 0 radical (unpaired) electrons. The first kappa shape index (κ1) is 14.0. The molecular formula is C14H22N2O3S. The molecule has 0 aromatic rings. The summed E-state index contributed by atoms with van der Waals surface area (Å²) in [4.78, 5) is 23.4. The van der Waals surface area contributed by atoms with Crippen molar-refractivity contribution in [1.29, 1.82) is 0 Å². The smallest absolute Gasteiger partial charge is 0.315 e. The van der Waals surface area contributed by atoms with Crippen LogP contribution < -0.4 is 10.6 Å². The van der Waals surface area contributed by atoms with Crippen molar-refractivity contribution in [3.8, 4) is 0 Å². The zero-order valence-electron chi connectivity index (χ0n) is 11.7. The molecule has 0 heterocycles. The van der Waals surface area contributed by atoms with Gasteiger partial charge in [0.25, 0.3) is 0 Å². The first-order valence-electron chi connectivity index (χ1n) is 7.37. The van der Waals surface area contributed by atoms with Gasteiger partial charge in [0.05, 0.1) is 5.92 Å². The monoisotopic (exact) mass is 298 g/mol. The van der Waals surface area contributed by atoms with Gasteiger partial charge in [-0.2, -0.15) is 11.8 Å². The molecule has 3 rings (SSSR count). The molecule has 20 heavy (non-hydrogen) atoms. The molecular weight excluding hydrogens is 276 g/mol. The second-order valence-electron chi connectivity index (χ2n) is 6.44. The molecule has 0 aromatic carbocycles. The van der Waals surface area contributed by atoms with Crippen LogP contribution in [0.2, 0.25) is 0 Å². The number of carboxylic acid groups (broad SMARTS) is 1. The maximum absolute atomic E-state index is 12.0. The molecule has 3 N–H and O–H groups in total. The van der Waals surface area contributed by atoms with Crippen molar-refractivity contribution in [2.75, 3.05) is 12.8 Å². The maximum atomic E-state index is 12.0. The van der Waals surface area contributed by atoms with Crippen molar-refractivity contribution >= 4 is 23.8 Å². The molecule has 4 unspecified atom stereocenters. The van der Waals surface area contributed by atoms with Crippen LogP contribution in [0.15, 0.2) is 0 Å². The summed E-state index contributed by atoms with van der Waals surface area (Å²) in [7, 11) is 0. The van der Waals surface area contributed by atoms with Gasteiger partial charge in [-0.3, -0.25) is 4.79 Å². The van der Waals surface area contributed by atoms with Crippen LogP contribution in [0.25, 0.3) is 0 Å². The highest BCUT2D eigenvalue weighted by Gasteiger charge is 2.51. The van der Waals surface area contributed by atoms with Crippen LogP contribution in [0.3, 0.4) is 0 Å². The second-order valence-corrected chi connectivity index (χ2v) is 7.71. The first-order chi connectivity index (χ1) is 9.54. The van der Waals surface area contributed by atoms with Crippen LogP contribution in [0.4, 0.5) is 4.79 Å². The predicted octanol–water partition coefficient (Wildman–Crippen LogP) is 1.68. The van der Waals surface area contributed by atoms with E-state index in [-0.39, 0.29) is 22.7 Å². The highest BCUT2D eigenvalue weighted by atomic mass is 32.2. The van der Waals surface area contributed by atoms with Crippen molar-refractivity contribution in [1.82, 2.24) is 10.6 Å². The summed E-state index contributed by atoms with van der Waals surface area (Å²) in [5, 5.41) is 15.2. The molecule has 4 atom stereocenters. The number of urea groups is 1. The summed E-state index contributed by atoms with van der Waals surface area (Å²) in [6.45, 7) is 0.679. The number of thioether (sulfide) groups is 1. The molecule has 3 aliphatic rings. The van der Waals surface area contributed by atoms with Crippen molar-refractivity contribution in [3.63, 3.8) is 0 Å². The third-order valence-corrected chi connectivity index (χ3v) is 6.73. The summed E-state index contributed by atoms with van der Waals surface area (Å²) in [6.07, 6.45) is 7.38. The van der Waals surface area contributed by atoms with Gasteiger partial charge < -0.3 is 15.7 Å². The van der Waals surface area contributed by atoms with Gasteiger partial charge in [0, 0.05) is 17.3 Å². The average molecular weight is 298 g/mol. The van der Waals surface area contributed by atoms with Crippen LogP contribution in [-0.4, -0.2) is 40.7 Å². The van der Waals surface area contributed by atoms with Crippen LogP contribution in [0.1, 0.15) is 32.1 Å². The SMILES string of the molecule is CSC1(CNC(=O)NC2C3CCC(C3)C2C(=O)O)CC1. The van der Waals surface area contributed by atoms with Gasteiger partial charge in [-0.1, -0.05) is 0 Å². The molecule has 112 valence electrons. The molecule has 3 saturated carbocycles. The number of amides is 2. The number of carboxylic acids is 1. The number of fused-ring (bicyclic) bond motifs is 2. The standard InChI is InChI=1S/C14H22N2O3S/c1-20-14(4-5-14)7-15-13(19)16-11-9-3-2-8(6-9)10(11)12(17)18/h8-11H,2-7H2,1H3,(H,17,18)(H2,15,16,19). The van der Waals surface area contributed by atoms with Gasteiger partial charge in [-0.15, -0.1) is 0 Å². The van der Waals surface area contributed by atoms with Crippen molar-refractivity contribution in [2.24, 2.45) is 17.8 Å². The van der Waals surface area contributed by atoms with E-state index < -0.39 is 11.9 Å². The Labute approximate surface area is 123 Å². The average Bonchev–Trinajstić information content (AvgIpc) is 2.93. The minimum Gasteiger partial charge on any atom is -0.481 e. The minimum atomic E-state index is -0.759. The van der Waals surface area contributed by atoms with E-state index in [1.54, 1.807) is 11.8 Å². The number of carbonyl (C=O) groups excluding carboxylic acids is 1. The van der Waals surface area contributed by atoms with Gasteiger partial charge in [-0.05, 0) is 50.2 Å². The number of carbonyl (C=O) groups is 2. The third kappa shape index (κ3) is 2.50. The van der Waals surface area contributed by atoms with E-state index in [1.807, 2.05) is 0 Å². The predicted molar refractivity (Wildman–Crippen MR) is 77.8 cm³/mol. The van der Waals surface area contributed by atoms with Gasteiger partial charge in [-0.25, -0.2) is 4.79 Å². The fourth-order valence-corrected chi connectivity index (χ4v) is 4.62. The fraction of sp³-hybridized carbons (Fsp3) is 0.857. The Hall–Kier alpha value is -0.910. The van der Waals surface area contributed by atoms with Gasteiger partial charge in [0.15, 0.2) is 0 Å². The van der Waals surface area contributed by atoms with Crippen LogP contribution in [0, 0.1) is 17.8 Å². The Kier molecular flexibility index (Phi) is 3.60. The van der Waals surface area contributed by atoms with Crippen molar-refractivity contribution < 1.29 is 14.7 Å². The lowest BCUT2D eigenvalue weighted by molar-refractivity contribution is -0.144. The van der Waals surface area contributed by atoms with Crippen LogP contribution in [-0.2, 0) is 4.79 Å². The van der Waals surface area contributed by atoms with Crippen molar-refractivity contribution in [2.45, 2.75) is 42.9 Å². The van der Waals surface area contributed by atoms with E-state index in [0.29, 0.717) is 12.5 Å². The summed E-state index contributed by atoms with van der Waals surface area (Å²) >= 11 is 1.80. The molecule has 2 bridgehead atoms. The molecule has 3 aliphatic carbocycles. The summed E-state index contributed by atoms with van der Waals surface area (Å²) in [6, 6.07) is -0.384. The number of hydrogen-bond donors (Lipinski definition) is 3. The van der Waals surface area contributed by atoms with E-state index in [0.717, 1.165) is 32.1 Å². The van der Waals surface area contributed by atoms with Gasteiger partial charge in [0.2, 0.25) is 0 Å². The Morgan fingerprint density at radius 2 is 2.00 bits per heavy atom. The van der Waals surface area contributed by atoms with E-state index in [4.69, 9.17) is 0 Å². The lowest BCUT2D eigenvalue weighted by Crippen LogP contribution is -2.51. The molecule has 5 nitrogen and oxygen atoms in total. The number of rotatable bonds is 5. The van der Waals surface area contributed by atoms with Gasteiger partial charge in [0.1, 0.15) is 0 Å². The minimum absolute atomic E-state index is 0.185. The highest BCUT2D eigenvalue weighted by molar-refractivity contribution is 8.00. The van der Waals surface area contributed by atoms with Gasteiger partial charge >= 0.3 is 12.0 Å². The Balaban J connectivity index is 1.54. The zero-order valence-corrected chi connectivity index (χ0v) is 12.5.